The Morgan fingerprint density at radius 3 is 2.77 bits per heavy atom. The number of hydrogen-bond donors (Lipinski definition) is 3. The summed E-state index contributed by atoms with van der Waals surface area (Å²) in [5.74, 6) is 0.764. The zero-order valence-corrected chi connectivity index (χ0v) is 18.1. The summed E-state index contributed by atoms with van der Waals surface area (Å²) in [5.41, 5.74) is 0. The number of para-hydroxylation sites is 1. The third kappa shape index (κ3) is 7.63. The number of rotatable bonds is 11. The van der Waals surface area contributed by atoms with Crippen LogP contribution in [0.1, 0.15) is 51.4 Å². The molecule has 1 heterocycles. The lowest BCUT2D eigenvalue weighted by atomic mass is 9.86. The molecule has 1 saturated carbocycles. The number of carbonyl (C=O) groups is 1. The van der Waals surface area contributed by atoms with Crippen molar-refractivity contribution in [3.63, 3.8) is 0 Å². The van der Waals surface area contributed by atoms with E-state index in [0.29, 0.717) is 12.3 Å². The maximum Gasteiger partial charge on any atom is 0.303 e. The van der Waals surface area contributed by atoms with E-state index in [9.17, 15) is 15.0 Å². The molecular weight excluding hydrogens is 396 g/mol. The molecule has 1 aromatic rings. The van der Waals surface area contributed by atoms with Gasteiger partial charge in [0.1, 0.15) is 18.5 Å². The highest BCUT2D eigenvalue weighted by atomic mass is 16.5. The van der Waals surface area contributed by atoms with Gasteiger partial charge in [0.25, 0.3) is 0 Å². The second-order valence-electron chi connectivity index (χ2n) is 8.93. The Kier molecular flexibility index (Phi) is 9.37. The molecule has 0 aromatic heterocycles. The van der Waals surface area contributed by atoms with Crippen molar-refractivity contribution >= 4 is 5.97 Å². The molecule has 0 unspecified atom stereocenters. The van der Waals surface area contributed by atoms with Gasteiger partial charge in [-0.2, -0.15) is 0 Å². The molecule has 0 amide bonds. The lowest BCUT2D eigenvalue weighted by Crippen LogP contribution is -2.22. The molecule has 3 rings (SSSR count). The summed E-state index contributed by atoms with van der Waals surface area (Å²) < 4.78 is 11.8. The van der Waals surface area contributed by atoms with E-state index in [1.54, 1.807) is 6.08 Å². The Morgan fingerprint density at radius 2 is 2.00 bits per heavy atom. The molecule has 6 nitrogen and oxygen atoms in total. The number of aliphatic hydroxyl groups excluding tert-OH is 2. The predicted octanol–water partition coefficient (Wildman–Crippen LogP) is 3.81. The van der Waals surface area contributed by atoms with Gasteiger partial charge in [-0.1, -0.05) is 43.2 Å². The zero-order chi connectivity index (χ0) is 22.1. The van der Waals surface area contributed by atoms with Gasteiger partial charge in [0.15, 0.2) is 0 Å². The van der Waals surface area contributed by atoms with Crippen LogP contribution in [0.2, 0.25) is 0 Å². The molecule has 6 atom stereocenters. The van der Waals surface area contributed by atoms with Crippen LogP contribution in [0, 0.1) is 17.8 Å². The number of carboxylic acid groups (broad SMARTS) is 1. The van der Waals surface area contributed by atoms with Gasteiger partial charge in [-0.3, -0.25) is 4.79 Å². The minimum atomic E-state index is -0.725. The fourth-order valence-corrected chi connectivity index (χ4v) is 4.84. The monoisotopic (exact) mass is 432 g/mol. The van der Waals surface area contributed by atoms with Crippen molar-refractivity contribution in [2.45, 2.75) is 69.7 Å². The van der Waals surface area contributed by atoms with Crippen molar-refractivity contribution in [3.8, 4) is 5.75 Å². The van der Waals surface area contributed by atoms with E-state index in [0.717, 1.165) is 50.9 Å². The molecule has 1 aliphatic heterocycles. The van der Waals surface area contributed by atoms with Crippen LogP contribution >= 0.6 is 0 Å². The van der Waals surface area contributed by atoms with Gasteiger partial charge in [-0.25, -0.2) is 0 Å². The maximum atomic E-state index is 10.6. The maximum absolute atomic E-state index is 10.6. The normalized spacial score (nSPS) is 29.4. The molecule has 172 valence electrons. The van der Waals surface area contributed by atoms with E-state index < -0.39 is 18.2 Å². The Hall–Kier alpha value is -1.89. The van der Waals surface area contributed by atoms with Crippen LogP contribution in [0.15, 0.2) is 42.5 Å². The summed E-state index contributed by atoms with van der Waals surface area (Å²) in [7, 11) is 0. The number of benzene rings is 1. The highest BCUT2D eigenvalue weighted by Crippen LogP contribution is 2.42. The first-order valence-electron chi connectivity index (χ1n) is 11.6. The van der Waals surface area contributed by atoms with Crippen LogP contribution in [-0.2, 0) is 9.53 Å². The number of carboxylic acids is 1. The molecule has 0 spiro atoms. The highest BCUT2D eigenvalue weighted by molar-refractivity contribution is 5.66. The van der Waals surface area contributed by atoms with Crippen LogP contribution in [-0.4, -0.2) is 52.8 Å². The van der Waals surface area contributed by atoms with Crippen molar-refractivity contribution in [2.24, 2.45) is 17.8 Å². The first-order valence-corrected chi connectivity index (χ1v) is 11.6. The number of ether oxygens (including phenoxy) is 2. The second kappa shape index (κ2) is 12.2. The summed E-state index contributed by atoms with van der Waals surface area (Å²) in [6.07, 6.45) is 9.34. The minimum Gasteiger partial charge on any atom is -0.491 e. The molecule has 6 heteroatoms. The van der Waals surface area contributed by atoms with Crippen molar-refractivity contribution in [1.29, 1.82) is 0 Å². The molecule has 0 radical (unpaired) electrons. The van der Waals surface area contributed by atoms with Gasteiger partial charge < -0.3 is 24.8 Å². The SMILES string of the molecule is O=C(O)CCCCC[C@H]1CC[C@@H]2[C@@H](C=C[C@@H](O)COc3ccccc3)[C@H](O)C[C@@H]2OC1. The van der Waals surface area contributed by atoms with Gasteiger partial charge >= 0.3 is 5.97 Å². The Balaban J connectivity index is 1.43. The average Bonchev–Trinajstić information content (AvgIpc) is 2.92. The van der Waals surface area contributed by atoms with E-state index in [2.05, 4.69) is 0 Å². The predicted molar refractivity (Wildman–Crippen MR) is 118 cm³/mol. The largest absolute Gasteiger partial charge is 0.491 e. The number of aliphatic hydroxyl groups is 2. The molecule has 0 bridgehead atoms. The van der Waals surface area contributed by atoms with Crippen molar-refractivity contribution < 1.29 is 29.6 Å². The first-order chi connectivity index (χ1) is 15.0. The summed E-state index contributed by atoms with van der Waals surface area (Å²) in [5, 5.41) is 29.5. The highest BCUT2D eigenvalue weighted by Gasteiger charge is 2.43. The lowest BCUT2D eigenvalue weighted by molar-refractivity contribution is -0.137. The topological polar surface area (TPSA) is 96.2 Å². The molecular formula is C25H36O6. The van der Waals surface area contributed by atoms with E-state index in [1.165, 1.54) is 0 Å². The lowest BCUT2D eigenvalue weighted by Gasteiger charge is -2.21. The van der Waals surface area contributed by atoms with Gasteiger partial charge in [0, 0.05) is 25.4 Å². The summed E-state index contributed by atoms with van der Waals surface area (Å²) in [4.78, 5) is 10.6. The fraction of sp³-hybridized carbons (Fsp3) is 0.640. The molecule has 1 aliphatic carbocycles. The van der Waals surface area contributed by atoms with E-state index >= 15 is 0 Å². The van der Waals surface area contributed by atoms with Crippen LogP contribution in [0.4, 0.5) is 0 Å². The smallest absolute Gasteiger partial charge is 0.303 e. The van der Waals surface area contributed by atoms with Crippen molar-refractivity contribution in [2.75, 3.05) is 13.2 Å². The molecule has 1 saturated heterocycles. The van der Waals surface area contributed by atoms with Crippen LogP contribution in [0.25, 0.3) is 0 Å². The first kappa shape index (κ1) is 23.8. The molecule has 1 aromatic carbocycles. The van der Waals surface area contributed by atoms with E-state index in [1.807, 2.05) is 36.4 Å². The quantitative estimate of drug-likeness (QED) is 0.363. The Labute approximate surface area is 184 Å². The molecule has 2 fully saturated rings. The second-order valence-corrected chi connectivity index (χ2v) is 8.93. The number of fused-ring (bicyclic) bond motifs is 1. The van der Waals surface area contributed by atoms with E-state index in [4.69, 9.17) is 14.6 Å². The van der Waals surface area contributed by atoms with Crippen molar-refractivity contribution in [1.82, 2.24) is 0 Å². The van der Waals surface area contributed by atoms with Crippen LogP contribution < -0.4 is 4.74 Å². The standard InChI is InChI=1S/C25H36O6/c26-19(17-30-20-8-4-2-5-9-20)12-14-21-22-13-11-18(7-3-1-6-10-25(28)29)16-31-24(22)15-23(21)27/h2,4-5,8-9,12,14,18-19,21-24,26-27H,1,3,6-7,10-11,13,15-17H2,(H,28,29)/t18-,19+,21+,22+,23+,24-/m0/s1. The summed E-state index contributed by atoms with van der Waals surface area (Å²) in [6, 6.07) is 9.41. The molecule has 31 heavy (non-hydrogen) atoms. The van der Waals surface area contributed by atoms with E-state index in [-0.39, 0.29) is 31.0 Å². The van der Waals surface area contributed by atoms with Gasteiger partial charge in [-0.05, 0) is 49.7 Å². The minimum absolute atomic E-state index is 0.00862. The van der Waals surface area contributed by atoms with Gasteiger partial charge in [-0.15, -0.1) is 0 Å². The third-order valence-corrected chi connectivity index (χ3v) is 6.57. The van der Waals surface area contributed by atoms with Crippen molar-refractivity contribution in [3.05, 3.63) is 42.5 Å². The average molecular weight is 433 g/mol. The number of aliphatic carboxylic acids is 1. The van der Waals surface area contributed by atoms with Gasteiger partial charge in [0.2, 0.25) is 0 Å². The number of unbranched alkanes of at least 4 members (excludes halogenated alkanes) is 2. The summed E-state index contributed by atoms with van der Waals surface area (Å²) >= 11 is 0. The molecule has 2 aliphatic rings. The Morgan fingerprint density at radius 1 is 1.19 bits per heavy atom. The molecule has 3 N–H and O–H groups in total. The summed E-state index contributed by atoms with van der Waals surface area (Å²) in [6.45, 7) is 0.897. The van der Waals surface area contributed by atoms with Gasteiger partial charge in [0.05, 0.1) is 12.2 Å². The van der Waals surface area contributed by atoms with Crippen LogP contribution in [0.3, 0.4) is 0 Å². The third-order valence-electron chi connectivity index (χ3n) is 6.57. The van der Waals surface area contributed by atoms with Crippen LogP contribution in [0.5, 0.6) is 5.75 Å². The fourth-order valence-electron chi connectivity index (χ4n) is 4.84. The Bertz CT molecular complexity index is 691. The zero-order valence-electron chi connectivity index (χ0n) is 18.1. The number of hydrogen-bond acceptors (Lipinski definition) is 5.